The van der Waals surface area contributed by atoms with Gasteiger partial charge in [0.15, 0.2) is 5.82 Å². The summed E-state index contributed by atoms with van der Waals surface area (Å²) in [6.07, 6.45) is 9.71. The van der Waals surface area contributed by atoms with Crippen molar-refractivity contribution in [3.05, 3.63) is 40.8 Å². The zero-order valence-electron chi connectivity index (χ0n) is 24.1. The number of anilines is 1. The van der Waals surface area contributed by atoms with Gasteiger partial charge in [0.1, 0.15) is 23.6 Å². The predicted molar refractivity (Wildman–Crippen MR) is 159 cm³/mol. The van der Waals surface area contributed by atoms with E-state index in [-0.39, 0.29) is 34.2 Å². The fourth-order valence-electron chi connectivity index (χ4n) is 7.03. The Bertz CT molecular complexity index is 1400. The summed E-state index contributed by atoms with van der Waals surface area (Å²) >= 11 is 6.56. The number of halogens is 2. The van der Waals surface area contributed by atoms with Crippen molar-refractivity contribution in [2.75, 3.05) is 45.7 Å². The molecule has 0 unspecified atom stereocenters. The van der Waals surface area contributed by atoms with Gasteiger partial charge < -0.3 is 15.0 Å². The zero-order chi connectivity index (χ0) is 28.1. The minimum atomic E-state index is -0.482. The lowest BCUT2D eigenvalue weighted by Gasteiger charge is -2.47. The van der Waals surface area contributed by atoms with Crippen LogP contribution in [0, 0.1) is 5.82 Å². The fourth-order valence-corrected chi connectivity index (χ4v) is 7.42. The second kappa shape index (κ2) is 10.7. The number of hydrogen-bond acceptors (Lipinski definition) is 7. The maximum atomic E-state index is 16.4. The SMILES string of the molecule is CC(C)c1c(Cl)cccc1-c1ncc2c(NCC3(N(C)C)CCC3)nc(OCC34CCCN3CCC4)nc2c1F. The number of nitrogens with zero attached hydrogens (tertiary/aromatic N) is 5. The van der Waals surface area contributed by atoms with Crippen LogP contribution in [0.25, 0.3) is 22.2 Å². The molecule has 7 nitrogen and oxygen atoms in total. The normalized spacial score (nSPS) is 19.8. The number of hydrogen-bond donors (Lipinski definition) is 1. The van der Waals surface area contributed by atoms with Crippen LogP contribution in [0.4, 0.5) is 10.2 Å². The summed E-state index contributed by atoms with van der Waals surface area (Å²) in [6.45, 7) is 7.56. The van der Waals surface area contributed by atoms with Gasteiger partial charge in [0.05, 0.1) is 10.9 Å². The third-order valence-electron chi connectivity index (χ3n) is 9.65. The van der Waals surface area contributed by atoms with E-state index >= 15 is 4.39 Å². The van der Waals surface area contributed by atoms with Crippen molar-refractivity contribution in [2.24, 2.45) is 0 Å². The Kier molecular flexibility index (Phi) is 7.38. The maximum absolute atomic E-state index is 16.4. The molecule has 0 bridgehead atoms. The summed E-state index contributed by atoms with van der Waals surface area (Å²) < 4.78 is 22.8. The summed E-state index contributed by atoms with van der Waals surface area (Å²) in [6, 6.07) is 5.76. The lowest BCUT2D eigenvalue weighted by atomic mass is 9.75. The first-order chi connectivity index (χ1) is 19.2. The number of pyridine rings is 1. The quantitative estimate of drug-likeness (QED) is 0.316. The molecule has 3 aliphatic rings. The second-order valence-corrected chi connectivity index (χ2v) is 12.8. The van der Waals surface area contributed by atoms with Crippen molar-refractivity contribution in [1.82, 2.24) is 24.8 Å². The second-order valence-electron chi connectivity index (χ2n) is 12.4. The van der Waals surface area contributed by atoms with Crippen LogP contribution in [-0.2, 0) is 0 Å². The van der Waals surface area contributed by atoms with Crippen LogP contribution < -0.4 is 10.1 Å². The number of likely N-dealkylation sites (N-methyl/N-ethyl adjacent to an activating group) is 1. The standard InChI is InChI=1S/C31H40ClFN6O/c1-20(2)24-21(9-5-10-23(24)32)26-25(33)27-22(17-34-26)28(35-18-30(38(3)4)11-6-12-30)37-29(36-27)40-19-31-13-7-15-39(31)16-8-14-31/h5,9-10,17,20H,6-8,11-16,18-19H2,1-4H3,(H,35,36,37). The molecule has 0 spiro atoms. The number of rotatable bonds is 9. The molecule has 9 heteroatoms. The third-order valence-corrected chi connectivity index (χ3v) is 9.98. The zero-order valence-corrected chi connectivity index (χ0v) is 24.8. The Morgan fingerprint density at radius 2 is 1.85 bits per heavy atom. The fraction of sp³-hybridized carbons (Fsp3) is 0.581. The van der Waals surface area contributed by atoms with Gasteiger partial charge in [0.25, 0.3) is 0 Å². The molecular formula is C31H40ClFN6O. The number of nitrogens with one attached hydrogen (secondary N) is 1. The van der Waals surface area contributed by atoms with Crippen LogP contribution in [0.15, 0.2) is 24.4 Å². The van der Waals surface area contributed by atoms with E-state index in [1.54, 1.807) is 6.20 Å². The summed E-state index contributed by atoms with van der Waals surface area (Å²) in [7, 11) is 4.24. The van der Waals surface area contributed by atoms with Crippen LogP contribution in [0.1, 0.15) is 70.3 Å². The van der Waals surface area contributed by atoms with Gasteiger partial charge in [-0.3, -0.25) is 9.88 Å². The molecule has 4 heterocycles. The molecule has 0 radical (unpaired) electrons. The highest BCUT2D eigenvalue weighted by Crippen LogP contribution is 2.41. The van der Waals surface area contributed by atoms with Crippen LogP contribution in [0.3, 0.4) is 0 Å². The largest absolute Gasteiger partial charge is 0.461 e. The average Bonchev–Trinajstić information content (AvgIpc) is 3.47. The molecule has 2 aliphatic heterocycles. The molecular weight excluding hydrogens is 527 g/mol. The molecule has 214 valence electrons. The molecule has 2 saturated heterocycles. The van der Waals surface area contributed by atoms with E-state index in [1.165, 1.54) is 19.3 Å². The summed E-state index contributed by atoms with van der Waals surface area (Å²) in [5, 5.41) is 4.70. The molecule has 3 aromatic rings. The first-order valence-electron chi connectivity index (χ1n) is 14.7. The first kappa shape index (κ1) is 27.6. The van der Waals surface area contributed by atoms with Gasteiger partial charge in [-0.1, -0.05) is 37.6 Å². The van der Waals surface area contributed by atoms with Gasteiger partial charge in [-0.15, -0.1) is 0 Å². The van der Waals surface area contributed by atoms with E-state index in [0.29, 0.717) is 34.9 Å². The molecule has 1 aliphatic carbocycles. The number of fused-ring (bicyclic) bond motifs is 2. The van der Waals surface area contributed by atoms with Gasteiger partial charge in [-0.2, -0.15) is 9.97 Å². The monoisotopic (exact) mass is 566 g/mol. The first-order valence-corrected chi connectivity index (χ1v) is 15.0. The molecule has 1 N–H and O–H groups in total. The van der Waals surface area contributed by atoms with E-state index in [0.717, 1.165) is 44.3 Å². The Balaban J connectivity index is 1.41. The highest BCUT2D eigenvalue weighted by atomic mass is 35.5. The number of aromatic nitrogens is 3. The summed E-state index contributed by atoms with van der Waals surface area (Å²) in [4.78, 5) is 18.9. The Morgan fingerprint density at radius 3 is 2.50 bits per heavy atom. The van der Waals surface area contributed by atoms with E-state index in [9.17, 15) is 0 Å². The van der Waals surface area contributed by atoms with Gasteiger partial charge in [0.2, 0.25) is 0 Å². The van der Waals surface area contributed by atoms with Crippen molar-refractivity contribution in [3.8, 4) is 17.3 Å². The Morgan fingerprint density at radius 1 is 1.10 bits per heavy atom. The van der Waals surface area contributed by atoms with Crippen molar-refractivity contribution >= 4 is 28.3 Å². The van der Waals surface area contributed by atoms with Crippen molar-refractivity contribution < 1.29 is 9.13 Å². The molecule has 1 aromatic carbocycles. The third kappa shape index (κ3) is 4.72. The molecule has 40 heavy (non-hydrogen) atoms. The smallest absolute Gasteiger partial charge is 0.319 e. The summed E-state index contributed by atoms with van der Waals surface area (Å²) in [5.74, 6) is 0.185. The van der Waals surface area contributed by atoms with Crippen LogP contribution >= 0.6 is 11.6 Å². The van der Waals surface area contributed by atoms with Crippen LogP contribution in [0.5, 0.6) is 6.01 Å². The average molecular weight is 567 g/mol. The van der Waals surface area contributed by atoms with Gasteiger partial charge >= 0.3 is 6.01 Å². The highest BCUT2D eigenvalue weighted by Gasteiger charge is 2.45. The molecule has 0 amide bonds. The van der Waals surface area contributed by atoms with E-state index < -0.39 is 5.82 Å². The Labute approximate surface area is 241 Å². The van der Waals surface area contributed by atoms with E-state index in [4.69, 9.17) is 21.3 Å². The number of ether oxygens (including phenoxy) is 1. The lowest BCUT2D eigenvalue weighted by molar-refractivity contribution is 0.0738. The topological polar surface area (TPSA) is 66.4 Å². The lowest BCUT2D eigenvalue weighted by Crippen LogP contribution is -2.54. The maximum Gasteiger partial charge on any atom is 0.319 e. The van der Waals surface area contributed by atoms with Crippen LogP contribution in [0.2, 0.25) is 5.02 Å². The highest BCUT2D eigenvalue weighted by molar-refractivity contribution is 6.31. The van der Waals surface area contributed by atoms with Crippen molar-refractivity contribution in [2.45, 2.75) is 75.8 Å². The molecule has 0 atom stereocenters. The minimum Gasteiger partial charge on any atom is -0.461 e. The van der Waals surface area contributed by atoms with Crippen molar-refractivity contribution in [1.29, 1.82) is 0 Å². The Hall–Kier alpha value is -2.55. The summed E-state index contributed by atoms with van der Waals surface area (Å²) in [5.41, 5.74) is 2.12. The van der Waals surface area contributed by atoms with Gasteiger partial charge in [-0.25, -0.2) is 4.39 Å². The van der Waals surface area contributed by atoms with E-state index in [1.807, 2.05) is 18.2 Å². The minimum absolute atomic E-state index is 0.0434. The van der Waals surface area contributed by atoms with Gasteiger partial charge in [-0.05, 0) is 89.7 Å². The van der Waals surface area contributed by atoms with E-state index in [2.05, 4.69) is 53.0 Å². The van der Waals surface area contributed by atoms with Crippen LogP contribution in [-0.4, -0.2) is 76.2 Å². The number of benzene rings is 1. The molecule has 1 saturated carbocycles. The molecule has 2 aromatic heterocycles. The molecule has 3 fully saturated rings. The molecule has 6 rings (SSSR count). The van der Waals surface area contributed by atoms with Crippen molar-refractivity contribution in [3.63, 3.8) is 0 Å². The predicted octanol–water partition coefficient (Wildman–Crippen LogP) is 6.51. The van der Waals surface area contributed by atoms with Gasteiger partial charge in [0, 0.05) is 28.9 Å².